The summed E-state index contributed by atoms with van der Waals surface area (Å²) in [6, 6.07) is 0.385. The van der Waals surface area contributed by atoms with E-state index in [1.165, 1.54) is 4.88 Å². The first kappa shape index (κ1) is 14.6. The Kier molecular flexibility index (Phi) is 6.09. The van der Waals surface area contributed by atoms with Crippen molar-refractivity contribution < 1.29 is 4.74 Å². The van der Waals surface area contributed by atoms with Gasteiger partial charge >= 0.3 is 0 Å². The molecule has 1 aromatic rings. The topological polar surface area (TPSA) is 34.1 Å². The minimum atomic E-state index is 0.144. The van der Waals surface area contributed by atoms with Crippen LogP contribution >= 0.6 is 11.3 Å². The van der Waals surface area contributed by atoms with Crippen molar-refractivity contribution in [1.29, 1.82) is 0 Å². The number of hydrogen-bond acceptors (Lipinski definition) is 4. The third-order valence-electron chi connectivity index (χ3n) is 2.87. The van der Waals surface area contributed by atoms with Crippen molar-refractivity contribution in [2.45, 2.75) is 52.7 Å². The summed E-state index contributed by atoms with van der Waals surface area (Å²) in [6.45, 7) is 9.65. The summed E-state index contributed by atoms with van der Waals surface area (Å²) in [6.07, 6.45) is 2.27. The Bertz CT molecular complexity index is 334. The van der Waals surface area contributed by atoms with E-state index in [0.717, 1.165) is 30.1 Å². The second-order valence-corrected chi connectivity index (χ2v) is 5.37. The molecule has 4 heteroatoms. The summed E-state index contributed by atoms with van der Waals surface area (Å²) in [5.74, 6) is 0. The summed E-state index contributed by atoms with van der Waals surface area (Å²) < 4.78 is 5.44. The van der Waals surface area contributed by atoms with Crippen LogP contribution in [0.4, 0.5) is 0 Å². The first-order valence-electron chi connectivity index (χ1n) is 6.37. The molecule has 98 valence electrons. The maximum absolute atomic E-state index is 5.44. The van der Waals surface area contributed by atoms with Crippen molar-refractivity contribution in [3.8, 4) is 0 Å². The van der Waals surface area contributed by atoms with Gasteiger partial charge in [-0.25, -0.2) is 4.98 Å². The molecule has 0 aliphatic carbocycles. The van der Waals surface area contributed by atoms with E-state index in [4.69, 9.17) is 4.74 Å². The van der Waals surface area contributed by atoms with Crippen molar-refractivity contribution in [3.63, 3.8) is 0 Å². The second-order valence-electron chi connectivity index (χ2n) is 4.31. The van der Waals surface area contributed by atoms with Gasteiger partial charge in [-0.3, -0.25) is 0 Å². The summed E-state index contributed by atoms with van der Waals surface area (Å²) in [5.41, 5.74) is 1.14. The van der Waals surface area contributed by atoms with Crippen molar-refractivity contribution in [2.24, 2.45) is 0 Å². The zero-order valence-corrected chi connectivity index (χ0v) is 12.4. The highest BCUT2D eigenvalue weighted by Gasteiger charge is 2.18. The number of aryl methyl sites for hydroxylation is 1. The summed E-state index contributed by atoms with van der Waals surface area (Å²) in [7, 11) is 1.75. The maximum atomic E-state index is 5.44. The normalized spacial score (nSPS) is 14.9. The van der Waals surface area contributed by atoms with Gasteiger partial charge in [0.1, 0.15) is 11.1 Å². The first-order chi connectivity index (χ1) is 8.13. The zero-order chi connectivity index (χ0) is 12.8. The summed E-state index contributed by atoms with van der Waals surface area (Å²) in [5, 5.41) is 4.61. The van der Waals surface area contributed by atoms with Gasteiger partial charge in [-0.05, 0) is 33.2 Å². The van der Waals surface area contributed by atoms with E-state index in [9.17, 15) is 0 Å². The first-order valence-corrected chi connectivity index (χ1v) is 7.19. The van der Waals surface area contributed by atoms with E-state index in [0.29, 0.717) is 6.04 Å². The lowest BCUT2D eigenvalue weighted by Gasteiger charge is -2.11. The molecule has 17 heavy (non-hydrogen) atoms. The number of methoxy groups -OCH3 is 1. The molecule has 0 spiro atoms. The third kappa shape index (κ3) is 3.76. The smallest absolute Gasteiger partial charge is 0.122 e. The van der Waals surface area contributed by atoms with E-state index in [-0.39, 0.29) is 6.10 Å². The van der Waals surface area contributed by atoms with Crippen LogP contribution in [-0.4, -0.2) is 18.6 Å². The molecule has 0 bridgehead atoms. The van der Waals surface area contributed by atoms with Crippen molar-refractivity contribution in [3.05, 3.63) is 15.6 Å². The average Bonchev–Trinajstić information content (AvgIpc) is 2.70. The number of nitrogens with one attached hydrogen (secondary N) is 1. The fourth-order valence-corrected chi connectivity index (χ4v) is 3.12. The molecule has 0 aliphatic heterocycles. The number of aromatic nitrogens is 1. The Balaban J connectivity index is 2.80. The quantitative estimate of drug-likeness (QED) is 0.809. The average molecular weight is 256 g/mol. The minimum absolute atomic E-state index is 0.144. The SMILES string of the molecule is CCCNC(C)c1sc(C(CC)OC)nc1C. The molecule has 0 saturated heterocycles. The van der Waals surface area contributed by atoms with Gasteiger partial charge in [0.25, 0.3) is 0 Å². The Labute approximate surface area is 109 Å². The molecule has 2 atom stereocenters. The Morgan fingerprint density at radius 1 is 1.41 bits per heavy atom. The maximum Gasteiger partial charge on any atom is 0.122 e. The van der Waals surface area contributed by atoms with E-state index in [1.54, 1.807) is 18.4 Å². The van der Waals surface area contributed by atoms with E-state index in [1.807, 2.05) is 0 Å². The molecule has 0 radical (unpaired) electrons. The lowest BCUT2D eigenvalue weighted by molar-refractivity contribution is 0.0997. The Morgan fingerprint density at radius 3 is 2.65 bits per heavy atom. The van der Waals surface area contributed by atoms with Crippen LogP contribution in [0.15, 0.2) is 0 Å². The Morgan fingerprint density at radius 2 is 2.12 bits per heavy atom. The minimum Gasteiger partial charge on any atom is -0.374 e. The van der Waals surface area contributed by atoms with Gasteiger partial charge < -0.3 is 10.1 Å². The predicted octanol–water partition coefficient (Wildman–Crippen LogP) is 3.61. The van der Waals surface area contributed by atoms with Crippen LogP contribution in [0.2, 0.25) is 0 Å². The highest BCUT2D eigenvalue weighted by atomic mass is 32.1. The molecule has 1 heterocycles. The lowest BCUT2D eigenvalue weighted by Crippen LogP contribution is -2.18. The molecule has 0 aromatic carbocycles. The molecule has 0 aliphatic rings. The lowest BCUT2D eigenvalue weighted by atomic mass is 10.2. The number of nitrogens with zero attached hydrogens (tertiary/aromatic N) is 1. The van der Waals surface area contributed by atoms with Crippen LogP contribution in [0.25, 0.3) is 0 Å². The van der Waals surface area contributed by atoms with Crippen LogP contribution in [0, 0.1) is 6.92 Å². The Hall–Kier alpha value is -0.450. The van der Waals surface area contributed by atoms with Crippen LogP contribution in [0.5, 0.6) is 0 Å². The standard InChI is InChI=1S/C13H24N2OS/c1-6-8-14-9(3)12-10(4)15-13(17-12)11(7-2)16-5/h9,11,14H,6-8H2,1-5H3. The number of rotatable bonds is 7. The molecular formula is C13H24N2OS. The molecule has 3 nitrogen and oxygen atoms in total. The van der Waals surface area contributed by atoms with Crippen molar-refractivity contribution in [1.82, 2.24) is 10.3 Å². The fraction of sp³-hybridized carbons (Fsp3) is 0.769. The second kappa shape index (κ2) is 7.09. The molecule has 0 amide bonds. The number of ether oxygens (including phenoxy) is 1. The van der Waals surface area contributed by atoms with E-state index < -0.39 is 0 Å². The summed E-state index contributed by atoms with van der Waals surface area (Å²) >= 11 is 1.78. The van der Waals surface area contributed by atoms with Crippen LogP contribution in [0.1, 0.15) is 61.3 Å². The fourth-order valence-electron chi connectivity index (χ4n) is 1.86. The van der Waals surface area contributed by atoms with E-state index in [2.05, 4.69) is 38.0 Å². The third-order valence-corrected chi connectivity index (χ3v) is 4.31. The number of hydrogen-bond donors (Lipinski definition) is 1. The van der Waals surface area contributed by atoms with Gasteiger partial charge in [-0.2, -0.15) is 0 Å². The summed E-state index contributed by atoms with van der Waals surface area (Å²) in [4.78, 5) is 5.97. The van der Waals surface area contributed by atoms with Crippen molar-refractivity contribution >= 4 is 11.3 Å². The molecule has 1 N–H and O–H groups in total. The molecule has 2 unspecified atom stereocenters. The van der Waals surface area contributed by atoms with E-state index >= 15 is 0 Å². The van der Waals surface area contributed by atoms with Gasteiger partial charge in [-0.15, -0.1) is 11.3 Å². The van der Waals surface area contributed by atoms with Crippen LogP contribution < -0.4 is 5.32 Å². The van der Waals surface area contributed by atoms with Crippen LogP contribution in [-0.2, 0) is 4.74 Å². The molecule has 0 fully saturated rings. The molecule has 0 saturated carbocycles. The molecule has 1 rings (SSSR count). The highest BCUT2D eigenvalue weighted by Crippen LogP contribution is 2.31. The predicted molar refractivity (Wildman–Crippen MR) is 73.6 cm³/mol. The zero-order valence-electron chi connectivity index (χ0n) is 11.5. The largest absolute Gasteiger partial charge is 0.374 e. The van der Waals surface area contributed by atoms with Gasteiger partial charge in [0.05, 0.1) is 5.69 Å². The monoisotopic (exact) mass is 256 g/mol. The van der Waals surface area contributed by atoms with Crippen molar-refractivity contribution in [2.75, 3.05) is 13.7 Å². The molecular weight excluding hydrogens is 232 g/mol. The van der Waals surface area contributed by atoms with Gasteiger partial charge in [0.2, 0.25) is 0 Å². The van der Waals surface area contributed by atoms with Gasteiger partial charge in [0, 0.05) is 18.0 Å². The van der Waals surface area contributed by atoms with Crippen LogP contribution in [0.3, 0.4) is 0 Å². The highest BCUT2D eigenvalue weighted by molar-refractivity contribution is 7.11. The number of thiazole rings is 1. The van der Waals surface area contributed by atoms with Gasteiger partial charge in [0.15, 0.2) is 0 Å². The molecule has 1 aromatic heterocycles. The van der Waals surface area contributed by atoms with Gasteiger partial charge in [-0.1, -0.05) is 13.8 Å².